The van der Waals surface area contributed by atoms with E-state index in [1.54, 1.807) is 0 Å². The number of nitro groups is 1. The van der Waals surface area contributed by atoms with Gasteiger partial charge in [0.25, 0.3) is 5.69 Å². The third kappa shape index (κ3) is 3.98. The SMILES string of the molecule is Cc1c(Br)c(C(F)(F)F)nn1C(C)C(=O)Nc1cc([N+](=O)[O-])ccc1Cl. The van der Waals surface area contributed by atoms with E-state index in [0.717, 1.165) is 16.8 Å². The molecular weight excluding hydrogens is 445 g/mol. The van der Waals surface area contributed by atoms with E-state index < -0.39 is 28.7 Å². The summed E-state index contributed by atoms with van der Waals surface area (Å²) in [5, 5.41) is 16.7. The van der Waals surface area contributed by atoms with Gasteiger partial charge in [0.1, 0.15) is 6.04 Å². The quantitative estimate of drug-likeness (QED) is 0.533. The molecule has 12 heteroatoms. The number of alkyl halides is 3. The predicted octanol–water partition coefficient (Wildman–Crippen LogP) is 4.73. The van der Waals surface area contributed by atoms with Gasteiger partial charge in [-0.25, -0.2) is 0 Å². The van der Waals surface area contributed by atoms with Gasteiger partial charge in [0.05, 0.1) is 25.8 Å². The van der Waals surface area contributed by atoms with Gasteiger partial charge in [0.2, 0.25) is 5.91 Å². The molecule has 1 aromatic carbocycles. The molecule has 1 unspecified atom stereocenters. The van der Waals surface area contributed by atoms with Crippen LogP contribution in [0, 0.1) is 17.0 Å². The Hall–Kier alpha value is -2.14. The second-order valence-corrected chi connectivity index (χ2v) is 6.48. The van der Waals surface area contributed by atoms with Crippen molar-refractivity contribution in [2.24, 2.45) is 0 Å². The minimum absolute atomic E-state index is 0.0300. The second-order valence-electron chi connectivity index (χ2n) is 5.28. The zero-order valence-electron chi connectivity index (χ0n) is 13.3. The first-order valence-corrected chi connectivity index (χ1v) is 8.17. The summed E-state index contributed by atoms with van der Waals surface area (Å²) in [6.07, 6.45) is -4.69. The van der Waals surface area contributed by atoms with Crippen LogP contribution >= 0.6 is 27.5 Å². The Balaban J connectivity index is 2.32. The van der Waals surface area contributed by atoms with E-state index in [0.29, 0.717) is 0 Å². The van der Waals surface area contributed by atoms with Crippen molar-refractivity contribution in [3.05, 3.63) is 49.2 Å². The molecule has 7 nitrogen and oxygen atoms in total. The van der Waals surface area contributed by atoms with Gasteiger partial charge in [-0.15, -0.1) is 0 Å². The number of hydrogen-bond donors (Lipinski definition) is 1. The molecule has 0 aliphatic carbocycles. The van der Waals surface area contributed by atoms with Crippen LogP contribution in [0.25, 0.3) is 0 Å². The van der Waals surface area contributed by atoms with Gasteiger partial charge in [-0.1, -0.05) is 11.6 Å². The van der Waals surface area contributed by atoms with Gasteiger partial charge in [0.15, 0.2) is 5.69 Å². The molecule has 1 N–H and O–H groups in total. The number of nitrogens with zero attached hydrogens (tertiary/aromatic N) is 3. The Bertz CT molecular complexity index is 885. The molecule has 1 aromatic heterocycles. The van der Waals surface area contributed by atoms with Gasteiger partial charge in [-0.2, -0.15) is 18.3 Å². The normalized spacial score (nSPS) is 12.7. The van der Waals surface area contributed by atoms with Gasteiger partial charge in [-0.05, 0) is 35.8 Å². The number of benzene rings is 1. The van der Waals surface area contributed by atoms with Crippen LogP contribution in [-0.2, 0) is 11.0 Å². The fourth-order valence-corrected chi connectivity index (χ4v) is 2.78. The smallest absolute Gasteiger partial charge is 0.323 e. The highest BCUT2D eigenvalue weighted by atomic mass is 79.9. The number of anilines is 1. The molecule has 0 fully saturated rings. The lowest BCUT2D eigenvalue weighted by molar-refractivity contribution is -0.384. The summed E-state index contributed by atoms with van der Waals surface area (Å²) in [5.74, 6) is -0.737. The van der Waals surface area contributed by atoms with Gasteiger partial charge in [-0.3, -0.25) is 19.6 Å². The molecule has 0 saturated carbocycles. The number of nitrogens with one attached hydrogen (secondary N) is 1. The summed E-state index contributed by atoms with van der Waals surface area (Å²) in [7, 11) is 0. The van der Waals surface area contributed by atoms with Crippen LogP contribution in [0.2, 0.25) is 5.02 Å². The minimum Gasteiger partial charge on any atom is -0.323 e. The Kier molecular flexibility index (Phi) is 5.61. The first-order chi connectivity index (χ1) is 11.9. The highest BCUT2D eigenvalue weighted by molar-refractivity contribution is 9.10. The largest absolute Gasteiger partial charge is 0.436 e. The van der Waals surface area contributed by atoms with Crippen molar-refractivity contribution < 1.29 is 22.9 Å². The maximum Gasteiger partial charge on any atom is 0.436 e. The first kappa shape index (κ1) is 20.2. The third-order valence-electron chi connectivity index (χ3n) is 3.51. The lowest BCUT2D eigenvalue weighted by atomic mass is 10.2. The number of carbonyl (C=O) groups excluding carboxylic acids is 1. The van der Waals surface area contributed by atoms with Crippen LogP contribution in [-0.4, -0.2) is 20.6 Å². The number of halogens is 5. The van der Waals surface area contributed by atoms with Crippen LogP contribution in [0.3, 0.4) is 0 Å². The summed E-state index contributed by atoms with van der Waals surface area (Å²) in [4.78, 5) is 22.5. The molecule has 1 heterocycles. The number of non-ortho nitro benzene ring substituents is 1. The van der Waals surface area contributed by atoms with E-state index in [4.69, 9.17) is 11.6 Å². The molecular formula is C14H11BrClF3N4O3. The van der Waals surface area contributed by atoms with Crippen LogP contribution in [0.15, 0.2) is 22.7 Å². The average molecular weight is 456 g/mol. The van der Waals surface area contributed by atoms with Crippen molar-refractivity contribution in [1.29, 1.82) is 0 Å². The molecule has 0 aliphatic rings. The summed E-state index contributed by atoms with van der Waals surface area (Å²) in [5.41, 5.74) is -1.37. The number of hydrogen-bond acceptors (Lipinski definition) is 4. The molecule has 0 bridgehead atoms. The molecule has 0 aliphatic heterocycles. The number of aromatic nitrogens is 2. The molecule has 2 rings (SSSR count). The van der Waals surface area contributed by atoms with Crippen LogP contribution < -0.4 is 5.32 Å². The Morgan fingerprint density at radius 1 is 1.46 bits per heavy atom. The van der Waals surface area contributed by atoms with E-state index in [1.165, 1.54) is 19.9 Å². The first-order valence-electron chi connectivity index (χ1n) is 7.00. The number of nitro benzene ring substituents is 1. The molecule has 0 saturated heterocycles. The number of carbonyl (C=O) groups is 1. The van der Waals surface area contributed by atoms with E-state index in [-0.39, 0.29) is 26.6 Å². The van der Waals surface area contributed by atoms with Crippen LogP contribution in [0.5, 0.6) is 0 Å². The Labute approximate surface area is 158 Å². The fourth-order valence-electron chi connectivity index (χ4n) is 2.13. The monoisotopic (exact) mass is 454 g/mol. The van der Waals surface area contributed by atoms with Crippen LogP contribution in [0.4, 0.5) is 24.5 Å². The van der Waals surface area contributed by atoms with Gasteiger partial charge in [0, 0.05) is 12.1 Å². The fraction of sp³-hybridized carbons (Fsp3) is 0.286. The predicted molar refractivity (Wildman–Crippen MR) is 91.1 cm³/mol. The van der Waals surface area contributed by atoms with E-state index in [1.807, 2.05) is 0 Å². The maximum absolute atomic E-state index is 12.9. The number of rotatable bonds is 4. The standard InChI is InChI=1S/C14H11BrClF3N4O3/c1-6-11(15)12(14(17,18)19)21-22(6)7(2)13(24)20-10-5-8(23(25)26)3-4-9(10)16/h3-5,7H,1-2H3,(H,20,24). The van der Waals surface area contributed by atoms with Crippen molar-refractivity contribution in [2.75, 3.05) is 5.32 Å². The van der Waals surface area contributed by atoms with Crippen LogP contribution in [0.1, 0.15) is 24.4 Å². The third-order valence-corrected chi connectivity index (χ3v) is 4.79. The van der Waals surface area contributed by atoms with Crippen molar-refractivity contribution in [3.63, 3.8) is 0 Å². The molecule has 0 radical (unpaired) electrons. The number of amides is 1. The lowest BCUT2D eigenvalue weighted by Gasteiger charge is -2.15. The van der Waals surface area contributed by atoms with E-state index >= 15 is 0 Å². The summed E-state index contributed by atoms with van der Waals surface area (Å²) in [6, 6.07) is 2.32. The Morgan fingerprint density at radius 3 is 2.58 bits per heavy atom. The second kappa shape index (κ2) is 7.23. The Morgan fingerprint density at radius 2 is 2.08 bits per heavy atom. The summed E-state index contributed by atoms with van der Waals surface area (Å²) >= 11 is 8.73. The lowest BCUT2D eigenvalue weighted by Crippen LogP contribution is -2.25. The molecule has 140 valence electrons. The van der Waals surface area contributed by atoms with Crippen molar-refractivity contribution in [1.82, 2.24) is 9.78 Å². The highest BCUT2D eigenvalue weighted by Crippen LogP contribution is 2.36. The summed E-state index contributed by atoms with van der Waals surface area (Å²) < 4.78 is 39.5. The zero-order chi connectivity index (χ0) is 19.8. The zero-order valence-corrected chi connectivity index (χ0v) is 15.6. The van der Waals surface area contributed by atoms with E-state index in [2.05, 4.69) is 26.3 Å². The van der Waals surface area contributed by atoms with Crippen molar-refractivity contribution >= 4 is 44.8 Å². The molecule has 0 spiro atoms. The van der Waals surface area contributed by atoms with Crippen molar-refractivity contribution in [2.45, 2.75) is 26.1 Å². The van der Waals surface area contributed by atoms with Gasteiger partial charge < -0.3 is 5.32 Å². The van der Waals surface area contributed by atoms with Gasteiger partial charge >= 0.3 is 6.18 Å². The average Bonchev–Trinajstić information content (AvgIpc) is 2.84. The van der Waals surface area contributed by atoms with Crippen molar-refractivity contribution in [3.8, 4) is 0 Å². The highest BCUT2D eigenvalue weighted by Gasteiger charge is 2.39. The van der Waals surface area contributed by atoms with E-state index in [9.17, 15) is 28.1 Å². The molecule has 1 atom stereocenters. The molecule has 1 amide bonds. The molecule has 26 heavy (non-hydrogen) atoms. The topological polar surface area (TPSA) is 90.1 Å². The molecule has 2 aromatic rings. The minimum atomic E-state index is -4.69. The maximum atomic E-state index is 12.9. The summed E-state index contributed by atoms with van der Waals surface area (Å²) in [6.45, 7) is 2.71.